The molecule has 9 nitrogen and oxygen atoms in total. The lowest BCUT2D eigenvalue weighted by Crippen LogP contribution is -2.43. The van der Waals surface area contributed by atoms with Crippen molar-refractivity contribution in [2.45, 2.75) is 13.2 Å². The van der Waals surface area contributed by atoms with E-state index in [1.807, 2.05) is 30.3 Å². The first-order chi connectivity index (χ1) is 9.74. The smallest absolute Gasteiger partial charge is 0.426 e. The van der Waals surface area contributed by atoms with Crippen LogP contribution in [0.1, 0.15) is 5.56 Å². The molecule has 0 unspecified atom stereocenters. The Morgan fingerprint density at radius 1 is 1.20 bits per heavy atom. The molecule has 2 rings (SSSR count). The highest BCUT2D eigenvalue weighted by molar-refractivity contribution is 5.78. The Kier molecular flexibility index (Phi) is 4.60. The molecule has 0 radical (unpaired) electrons. The lowest BCUT2D eigenvalue weighted by molar-refractivity contribution is -0.123. The van der Waals surface area contributed by atoms with Crippen molar-refractivity contribution in [2.24, 2.45) is 0 Å². The average Bonchev–Trinajstić information content (AvgIpc) is 2.97. The van der Waals surface area contributed by atoms with Gasteiger partial charge in [0.1, 0.15) is 13.2 Å². The predicted octanol–water partition coefficient (Wildman–Crippen LogP) is -0.369. The Hall–Kier alpha value is -2.97. The van der Waals surface area contributed by atoms with Crippen LogP contribution in [0.15, 0.2) is 36.7 Å². The van der Waals surface area contributed by atoms with E-state index in [2.05, 4.69) is 26.3 Å². The van der Waals surface area contributed by atoms with Crippen LogP contribution in [-0.2, 0) is 22.7 Å². The maximum Gasteiger partial charge on any atom is 0.426 e. The van der Waals surface area contributed by atoms with Gasteiger partial charge in [0, 0.05) is 0 Å². The first-order valence-electron chi connectivity index (χ1n) is 5.70. The lowest BCUT2D eigenvalue weighted by atomic mass is 10.2. The normalized spacial score (nSPS) is 9.80. The van der Waals surface area contributed by atoms with E-state index in [-0.39, 0.29) is 13.2 Å². The van der Waals surface area contributed by atoms with Gasteiger partial charge in [0.05, 0.1) is 0 Å². The fraction of sp³-hybridized carbons (Fsp3) is 0.182. The second kappa shape index (κ2) is 6.83. The van der Waals surface area contributed by atoms with E-state index in [1.54, 1.807) is 0 Å². The van der Waals surface area contributed by atoms with E-state index < -0.39 is 12.0 Å². The maximum atomic E-state index is 11.4. The number of tetrazole rings is 1. The molecule has 104 valence electrons. The third-order valence-electron chi connectivity index (χ3n) is 2.19. The molecule has 0 aliphatic heterocycles. The molecule has 2 amide bonds. The molecule has 1 aromatic heterocycles. The first kappa shape index (κ1) is 13.5. The standard InChI is InChI=1S/C11H12N6O3/c18-10(6-17-13-8-12-16-17)14-15-11(19)20-7-9-4-2-1-3-5-9/h1-5,8H,6-7H2,(H,14,18)(H,15,19). The van der Waals surface area contributed by atoms with Crippen LogP contribution in [0.2, 0.25) is 0 Å². The van der Waals surface area contributed by atoms with Crippen LogP contribution in [0.5, 0.6) is 0 Å². The highest BCUT2D eigenvalue weighted by atomic mass is 16.6. The highest BCUT2D eigenvalue weighted by Crippen LogP contribution is 1.99. The number of ether oxygens (including phenoxy) is 1. The van der Waals surface area contributed by atoms with Gasteiger partial charge in [-0.25, -0.2) is 10.2 Å². The molecular weight excluding hydrogens is 264 g/mol. The Bertz CT molecular complexity index is 557. The van der Waals surface area contributed by atoms with Gasteiger partial charge in [-0.1, -0.05) is 30.3 Å². The Balaban J connectivity index is 1.66. The van der Waals surface area contributed by atoms with Gasteiger partial charge in [-0.15, -0.1) is 10.2 Å². The summed E-state index contributed by atoms with van der Waals surface area (Å²) in [5.41, 5.74) is 5.13. The molecule has 0 aliphatic carbocycles. The quantitative estimate of drug-likeness (QED) is 0.737. The third-order valence-corrected chi connectivity index (χ3v) is 2.19. The molecule has 2 N–H and O–H groups in total. The fourth-order valence-corrected chi connectivity index (χ4v) is 1.31. The SMILES string of the molecule is O=C(Cn1ncnn1)NNC(=O)OCc1ccccc1. The van der Waals surface area contributed by atoms with Crippen LogP contribution in [0.3, 0.4) is 0 Å². The van der Waals surface area contributed by atoms with Crippen molar-refractivity contribution in [3.63, 3.8) is 0 Å². The highest BCUT2D eigenvalue weighted by Gasteiger charge is 2.07. The van der Waals surface area contributed by atoms with Gasteiger partial charge in [0.2, 0.25) is 0 Å². The van der Waals surface area contributed by atoms with Crippen LogP contribution in [0, 0.1) is 0 Å². The number of carbonyl (C=O) groups is 2. The van der Waals surface area contributed by atoms with Gasteiger partial charge >= 0.3 is 6.09 Å². The van der Waals surface area contributed by atoms with E-state index in [9.17, 15) is 9.59 Å². The summed E-state index contributed by atoms with van der Waals surface area (Å²) in [7, 11) is 0. The van der Waals surface area contributed by atoms with Crippen molar-refractivity contribution in [1.82, 2.24) is 31.1 Å². The number of aromatic nitrogens is 4. The molecule has 0 fully saturated rings. The Labute approximate surface area is 113 Å². The van der Waals surface area contributed by atoms with Crippen molar-refractivity contribution >= 4 is 12.0 Å². The van der Waals surface area contributed by atoms with Crippen molar-refractivity contribution in [1.29, 1.82) is 0 Å². The summed E-state index contributed by atoms with van der Waals surface area (Å²) in [6.45, 7) is -0.0356. The van der Waals surface area contributed by atoms with Gasteiger partial charge in [-0.05, 0) is 10.8 Å². The minimum atomic E-state index is -0.756. The van der Waals surface area contributed by atoms with E-state index in [4.69, 9.17) is 4.74 Å². The molecule has 0 atom stereocenters. The second-order valence-electron chi connectivity index (χ2n) is 3.70. The average molecular weight is 276 g/mol. The molecule has 0 saturated carbocycles. The number of carbonyl (C=O) groups excluding carboxylic acids is 2. The molecule has 0 spiro atoms. The monoisotopic (exact) mass is 276 g/mol. The minimum absolute atomic E-state index is 0.118. The summed E-state index contributed by atoms with van der Waals surface area (Å²) in [4.78, 5) is 23.8. The number of nitrogens with one attached hydrogen (secondary N) is 2. The number of hydrazine groups is 1. The van der Waals surface area contributed by atoms with Crippen LogP contribution >= 0.6 is 0 Å². The molecule has 1 aromatic carbocycles. The van der Waals surface area contributed by atoms with Gasteiger partial charge < -0.3 is 4.74 Å². The van der Waals surface area contributed by atoms with Crippen LogP contribution in [0.4, 0.5) is 4.79 Å². The molecule has 1 heterocycles. The number of hydrogen-bond donors (Lipinski definition) is 2. The summed E-state index contributed by atoms with van der Waals surface area (Å²) in [5.74, 6) is -0.500. The topological polar surface area (TPSA) is 111 Å². The second-order valence-corrected chi connectivity index (χ2v) is 3.70. The number of rotatable bonds is 4. The molecular formula is C11H12N6O3. The van der Waals surface area contributed by atoms with Crippen LogP contribution in [-0.4, -0.2) is 32.2 Å². The van der Waals surface area contributed by atoms with E-state index >= 15 is 0 Å². The summed E-state index contributed by atoms with van der Waals surface area (Å²) in [6, 6.07) is 9.18. The summed E-state index contributed by atoms with van der Waals surface area (Å²) in [5, 5.41) is 10.6. The van der Waals surface area contributed by atoms with Gasteiger partial charge in [-0.2, -0.15) is 4.80 Å². The number of nitrogens with zero attached hydrogens (tertiary/aromatic N) is 4. The zero-order valence-electron chi connectivity index (χ0n) is 10.4. The van der Waals surface area contributed by atoms with Crippen LogP contribution < -0.4 is 10.9 Å². The van der Waals surface area contributed by atoms with E-state index in [0.717, 1.165) is 10.4 Å². The molecule has 0 bridgehead atoms. The summed E-state index contributed by atoms with van der Waals surface area (Å²) in [6.07, 6.45) is 0.447. The van der Waals surface area contributed by atoms with Gasteiger partial charge in [0.15, 0.2) is 6.33 Å². The van der Waals surface area contributed by atoms with Gasteiger partial charge in [-0.3, -0.25) is 10.2 Å². The van der Waals surface area contributed by atoms with Gasteiger partial charge in [0.25, 0.3) is 5.91 Å². The summed E-state index contributed by atoms with van der Waals surface area (Å²) >= 11 is 0. The maximum absolute atomic E-state index is 11.4. The minimum Gasteiger partial charge on any atom is -0.443 e. The van der Waals surface area contributed by atoms with Crippen molar-refractivity contribution < 1.29 is 14.3 Å². The fourth-order valence-electron chi connectivity index (χ4n) is 1.31. The zero-order valence-corrected chi connectivity index (χ0v) is 10.4. The Morgan fingerprint density at radius 2 is 2.00 bits per heavy atom. The molecule has 0 saturated heterocycles. The van der Waals surface area contributed by atoms with Crippen molar-refractivity contribution in [2.75, 3.05) is 0 Å². The van der Waals surface area contributed by atoms with Crippen molar-refractivity contribution in [3.05, 3.63) is 42.2 Å². The Morgan fingerprint density at radius 3 is 2.70 bits per heavy atom. The number of benzene rings is 1. The molecule has 0 aliphatic rings. The van der Waals surface area contributed by atoms with Crippen molar-refractivity contribution in [3.8, 4) is 0 Å². The molecule has 20 heavy (non-hydrogen) atoms. The zero-order chi connectivity index (χ0) is 14.2. The first-order valence-corrected chi connectivity index (χ1v) is 5.70. The molecule has 2 aromatic rings. The van der Waals surface area contributed by atoms with E-state index in [0.29, 0.717) is 0 Å². The largest absolute Gasteiger partial charge is 0.443 e. The lowest BCUT2D eigenvalue weighted by Gasteiger charge is -2.07. The number of amides is 2. The summed E-state index contributed by atoms with van der Waals surface area (Å²) < 4.78 is 4.90. The van der Waals surface area contributed by atoms with Crippen LogP contribution in [0.25, 0.3) is 0 Å². The predicted molar refractivity (Wildman–Crippen MR) is 65.7 cm³/mol. The van der Waals surface area contributed by atoms with E-state index in [1.165, 1.54) is 6.33 Å². The molecule has 9 heteroatoms. The number of hydrogen-bond acceptors (Lipinski definition) is 6. The third kappa shape index (κ3) is 4.37.